The molecule has 1 aliphatic heterocycles. The van der Waals surface area contributed by atoms with Gasteiger partial charge in [-0.3, -0.25) is 0 Å². The summed E-state index contributed by atoms with van der Waals surface area (Å²) < 4.78 is 8.02. The molecule has 3 rings (SSSR count). The van der Waals surface area contributed by atoms with E-state index in [0.29, 0.717) is 6.04 Å². The maximum Gasteiger partial charge on any atom is 0.124 e. The van der Waals surface area contributed by atoms with E-state index in [0.717, 1.165) is 38.3 Å². The van der Waals surface area contributed by atoms with E-state index < -0.39 is 0 Å². The van der Waals surface area contributed by atoms with Gasteiger partial charge in [0.1, 0.15) is 5.75 Å². The van der Waals surface area contributed by atoms with Crippen molar-refractivity contribution >= 4 is 0 Å². The second-order valence-electron chi connectivity index (χ2n) is 5.16. The maximum absolute atomic E-state index is 5.74. The molecule has 1 atom stereocenters. The number of nitrogens with zero attached hydrogens (tertiary/aromatic N) is 2. The Bertz CT molecular complexity index is 564. The number of hydrogen-bond donors (Lipinski definition) is 1. The minimum absolute atomic E-state index is 0.334. The normalized spacial score (nSPS) is 17.6. The van der Waals surface area contributed by atoms with Crippen LogP contribution >= 0.6 is 0 Å². The first-order valence-electron chi connectivity index (χ1n) is 7.33. The lowest BCUT2D eigenvalue weighted by atomic mass is 10.0. The summed E-state index contributed by atoms with van der Waals surface area (Å²) in [6.07, 6.45) is 6.04. The molecule has 0 aliphatic carbocycles. The molecule has 0 radical (unpaired) electrons. The SMILES string of the molecule is CCCNCc1cncn1C1CCOc2ccccc21. The van der Waals surface area contributed by atoms with Gasteiger partial charge in [-0.15, -0.1) is 0 Å². The number of ether oxygens (including phenoxy) is 1. The molecule has 0 bridgehead atoms. The minimum Gasteiger partial charge on any atom is -0.493 e. The quantitative estimate of drug-likeness (QED) is 0.850. The Kier molecular flexibility index (Phi) is 4.02. The van der Waals surface area contributed by atoms with Gasteiger partial charge in [-0.1, -0.05) is 25.1 Å². The molecule has 0 saturated carbocycles. The van der Waals surface area contributed by atoms with E-state index in [-0.39, 0.29) is 0 Å². The van der Waals surface area contributed by atoms with Gasteiger partial charge >= 0.3 is 0 Å². The molecule has 106 valence electrons. The fraction of sp³-hybridized carbons (Fsp3) is 0.438. The van der Waals surface area contributed by atoms with Crippen molar-refractivity contribution in [2.75, 3.05) is 13.2 Å². The maximum atomic E-state index is 5.74. The summed E-state index contributed by atoms with van der Waals surface area (Å²) in [5.74, 6) is 1.00. The van der Waals surface area contributed by atoms with Crippen molar-refractivity contribution in [2.45, 2.75) is 32.4 Å². The van der Waals surface area contributed by atoms with Crippen LogP contribution in [-0.2, 0) is 6.54 Å². The smallest absolute Gasteiger partial charge is 0.124 e. The average Bonchev–Trinajstić information content (AvgIpc) is 2.95. The van der Waals surface area contributed by atoms with E-state index in [4.69, 9.17) is 4.74 Å². The first-order chi connectivity index (χ1) is 9.90. The second kappa shape index (κ2) is 6.09. The van der Waals surface area contributed by atoms with E-state index in [1.165, 1.54) is 11.3 Å². The number of rotatable bonds is 5. The molecule has 1 unspecified atom stereocenters. The Morgan fingerprint density at radius 1 is 1.40 bits per heavy atom. The van der Waals surface area contributed by atoms with Gasteiger partial charge in [0.25, 0.3) is 0 Å². The van der Waals surface area contributed by atoms with Gasteiger partial charge < -0.3 is 14.6 Å². The van der Waals surface area contributed by atoms with Gasteiger partial charge in [-0.25, -0.2) is 4.98 Å². The number of hydrogen-bond acceptors (Lipinski definition) is 3. The molecule has 2 aromatic rings. The van der Waals surface area contributed by atoms with Crippen molar-refractivity contribution in [1.29, 1.82) is 0 Å². The fourth-order valence-electron chi connectivity index (χ4n) is 2.76. The second-order valence-corrected chi connectivity index (χ2v) is 5.16. The molecule has 0 amide bonds. The van der Waals surface area contributed by atoms with Crippen LogP contribution in [0.2, 0.25) is 0 Å². The summed E-state index contributed by atoms with van der Waals surface area (Å²) in [6.45, 7) is 4.85. The Morgan fingerprint density at radius 2 is 2.30 bits per heavy atom. The van der Waals surface area contributed by atoms with Crippen molar-refractivity contribution in [2.24, 2.45) is 0 Å². The Labute approximate surface area is 119 Å². The molecular formula is C16H21N3O. The largest absolute Gasteiger partial charge is 0.493 e. The summed E-state index contributed by atoms with van der Waals surface area (Å²) in [5.41, 5.74) is 2.49. The first kappa shape index (κ1) is 13.2. The Balaban J connectivity index is 1.85. The van der Waals surface area contributed by atoms with Gasteiger partial charge in [0.05, 0.1) is 24.7 Å². The Morgan fingerprint density at radius 3 is 3.20 bits per heavy atom. The van der Waals surface area contributed by atoms with Gasteiger partial charge in [0, 0.05) is 24.7 Å². The van der Waals surface area contributed by atoms with Gasteiger partial charge in [0.2, 0.25) is 0 Å². The number of nitrogens with one attached hydrogen (secondary N) is 1. The molecule has 1 aliphatic rings. The molecule has 1 N–H and O–H groups in total. The molecule has 1 aromatic carbocycles. The molecule has 2 heterocycles. The Hall–Kier alpha value is -1.81. The zero-order chi connectivity index (χ0) is 13.8. The van der Waals surface area contributed by atoms with E-state index >= 15 is 0 Å². The molecule has 1 aromatic heterocycles. The summed E-state index contributed by atoms with van der Waals surface area (Å²) in [5, 5.41) is 3.45. The summed E-state index contributed by atoms with van der Waals surface area (Å²) in [6, 6.07) is 8.64. The zero-order valence-corrected chi connectivity index (χ0v) is 11.9. The highest BCUT2D eigenvalue weighted by atomic mass is 16.5. The van der Waals surface area contributed by atoms with Crippen molar-refractivity contribution < 1.29 is 4.74 Å². The molecule has 4 nitrogen and oxygen atoms in total. The van der Waals surface area contributed by atoms with Crippen molar-refractivity contribution in [1.82, 2.24) is 14.9 Å². The molecule has 4 heteroatoms. The van der Waals surface area contributed by atoms with Crippen LogP contribution in [0, 0.1) is 0 Å². The monoisotopic (exact) mass is 271 g/mol. The van der Waals surface area contributed by atoms with Gasteiger partial charge in [-0.05, 0) is 19.0 Å². The zero-order valence-electron chi connectivity index (χ0n) is 11.9. The van der Waals surface area contributed by atoms with Crippen LogP contribution < -0.4 is 10.1 Å². The fourth-order valence-corrected chi connectivity index (χ4v) is 2.76. The van der Waals surface area contributed by atoms with Crippen molar-refractivity contribution in [3.05, 3.63) is 48.0 Å². The van der Waals surface area contributed by atoms with Crippen LogP contribution in [0.3, 0.4) is 0 Å². The molecule has 20 heavy (non-hydrogen) atoms. The lowest BCUT2D eigenvalue weighted by molar-refractivity contribution is 0.254. The molecular weight excluding hydrogens is 250 g/mol. The highest BCUT2D eigenvalue weighted by Crippen LogP contribution is 2.34. The van der Waals surface area contributed by atoms with Crippen LogP contribution in [0.25, 0.3) is 0 Å². The average molecular weight is 271 g/mol. The standard InChI is InChI=1S/C16H21N3O/c1-2-8-17-10-13-11-18-12-19(13)15-7-9-20-16-6-4-3-5-14(15)16/h3-6,11-12,15,17H,2,7-10H2,1H3. The van der Waals surface area contributed by atoms with Gasteiger partial charge in [-0.2, -0.15) is 0 Å². The van der Waals surface area contributed by atoms with Crippen LogP contribution in [-0.4, -0.2) is 22.7 Å². The number of para-hydroxylation sites is 1. The number of imidazole rings is 1. The lowest BCUT2D eigenvalue weighted by Gasteiger charge is -2.28. The number of benzene rings is 1. The minimum atomic E-state index is 0.334. The van der Waals surface area contributed by atoms with Gasteiger partial charge in [0.15, 0.2) is 0 Å². The summed E-state index contributed by atoms with van der Waals surface area (Å²) >= 11 is 0. The predicted octanol–water partition coefficient (Wildman–Crippen LogP) is 2.75. The topological polar surface area (TPSA) is 39.1 Å². The first-order valence-corrected chi connectivity index (χ1v) is 7.33. The van der Waals surface area contributed by atoms with E-state index in [1.807, 2.05) is 24.7 Å². The third-order valence-electron chi connectivity index (χ3n) is 3.74. The highest BCUT2D eigenvalue weighted by Gasteiger charge is 2.23. The molecule has 0 spiro atoms. The summed E-state index contributed by atoms with van der Waals surface area (Å²) in [7, 11) is 0. The van der Waals surface area contributed by atoms with Crippen molar-refractivity contribution in [3.8, 4) is 5.75 Å². The van der Waals surface area contributed by atoms with E-state index in [1.54, 1.807) is 0 Å². The van der Waals surface area contributed by atoms with Crippen molar-refractivity contribution in [3.63, 3.8) is 0 Å². The predicted molar refractivity (Wildman–Crippen MR) is 78.9 cm³/mol. The highest BCUT2D eigenvalue weighted by molar-refractivity contribution is 5.38. The summed E-state index contributed by atoms with van der Waals surface area (Å²) in [4.78, 5) is 4.33. The number of aromatic nitrogens is 2. The van der Waals surface area contributed by atoms with E-state index in [2.05, 4.69) is 33.9 Å². The third kappa shape index (κ3) is 2.56. The van der Waals surface area contributed by atoms with Crippen LogP contribution in [0.15, 0.2) is 36.8 Å². The number of fused-ring (bicyclic) bond motifs is 1. The van der Waals surface area contributed by atoms with E-state index in [9.17, 15) is 0 Å². The van der Waals surface area contributed by atoms with Crippen LogP contribution in [0.4, 0.5) is 0 Å². The van der Waals surface area contributed by atoms with Crippen LogP contribution in [0.5, 0.6) is 5.75 Å². The van der Waals surface area contributed by atoms with Crippen LogP contribution in [0.1, 0.15) is 37.1 Å². The molecule has 0 fully saturated rings. The third-order valence-corrected chi connectivity index (χ3v) is 3.74. The lowest BCUT2D eigenvalue weighted by Crippen LogP contribution is -2.23. The molecule has 0 saturated heterocycles.